The number of sulfonamides is 1. The highest BCUT2D eigenvalue weighted by Gasteiger charge is 2.32. The molecule has 118 valence electrons. The van der Waals surface area contributed by atoms with E-state index in [1.807, 2.05) is 4.57 Å². The normalized spacial score (nSPS) is 21.8. The lowest BCUT2D eigenvalue weighted by molar-refractivity contribution is 0.196. The van der Waals surface area contributed by atoms with Crippen molar-refractivity contribution in [1.29, 1.82) is 0 Å². The molecule has 1 N–H and O–H groups in total. The van der Waals surface area contributed by atoms with Gasteiger partial charge >= 0.3 is 0 Å². The van der Waals surface area contributed by atoms with E-state index in [4.69, 9.17) is 0 Å². The van der Waals surface area contributed by atoms with E-state index in [0.29, 0.717) is 29.7 Å². The fraction of sp³-hybridized carbons (Fsp3) is 0.714. The smallest absolute Gasteiger partial charge is 0.244 e. The van der Waals surface area contributed by atoms with Crippen molar-refractivity contribution in [2.45, 2.75) is 37.3 Å². The van der Waals surface area contributed by atoms with Gasteiger partial charge in [-0.1, -0.05) is 6.92 Å². The first-order chi connectivity index (χ1) is 10.1. The highest BCUT2D eigenvalue weighted by atomic mass is 32.2. The van der Waals surface area contributed by atoms with Crippen molar-refractivity contribution in [3.8, 4) is 0 Å². The van der Waals surface area contributed by atoms with Crippen molar-refractivity contribution in [3.63, 3.8) is 0 Å². The topological polar surface area (TPSA) is 65.8 Å². The van der Waals surface area contributed by atoms with Gasteiger partial charge in [-0.15, -0.1) is 0 Å². The van der Waals surface area contributed by atoms with Gasteiger partial charge in [-0.25, -0.2) is 8.42 Å². The number of likely N-dealkylation sites (N-methyl/N-ethyl adjacent to an activating group) is 1. The molecule has 0 radical (unpaired) electrons. The molecule has 1 aliphatic heterocycles. The molecule has 1 aromatic rings. The number of aromatic nitrogens is 1. The Hall–Kier alpha value is -0.890. The van der Waals surface area contributed by atoms with Crippen LogP contribution in [0, 0.1) is 0 Å². The number of hydrogen-bond acceptors (Lipinski definition) is 4. The summed E-state index contributed by atoms with van der Waals surface area (Å²) in [6, 6.07) is 1.99. The molecule has 0 aromatic carbocycles. The molecule has 1 aliphatic carbocycles. The van der Waals surface area contributed by atoms with Crippen LogP contribution in [0.25, 0.3) is 0 Å². The summed E-state index contributed by atoms with van der Waals surface area (Å²) in [7, 11) is -3.44. The molecule has 0 spiro atoms. The molecule has 0 amide bonds. The second-order valence-corrected chi connectivity index (χ2v) is 7.74. The molecule has 3 rings (SSSR count). The van der Waals surface area contributed by atoms with Gasteiger partial charge in [-0.2, -0.15) is 4.31 Å². The molecule has 0 unspecified atom stereocenters. The zero-order valence-corrected chi connectivity index (χ0v) is 13.2. The molecular formula is C14H23N3O3S. The Morgan fingerprint density at radius 3 is 2.43 bits per heavy atom. The van der Waals surface area contributed by atoms with Crippen molar-refractivity contribution >= 4 is 10.0 Å². The fourth-order valence-electron chi connectivity index (χ4n) is 2.89. The number of aliphatic hydroxyl groups excluding tert-OH is 1. The lowest BCUT2D eigenvalue weighted by atomic mass is 10.4. The summed E-state index contributed by atoms with van der Waals surface area (Å²) < 4.78 is 28.9. The molecular weight excluding hydrogens is 290 g/mol. The molecule has 0 atom stereocenters. The Morgan fingerprint density at radius 2 is 1.90 bits per heavy atom. The van der Waals surface area contributed by atoms with Crippen molar-refractivity contribution in [2.24, 2.45) is 0 Å². The number of hydrogen-bond donors (Lipinski definition) is 1. The Morgan fingerprint density at radius 1 is 1.24 bits per heavy atom. The Labute approximate surface area is 126 Å². The Bertz CT molecular complexity index is 599. The molecule has 1 saturated carbocycles. The first-order valence-electron chi connectivity index (χ1n) is 7.60. The average Bonchev–Trinajstić information content (AvgIpc) is 3.25. The molecule has 6 nitrogen and oxygen atoms in total. The van der Waals surface area contributed by atoms with Gasteiger partial charge in [-0.05, 0) is 25.5 Å². The first-order valence-corrected chi connectivity index (χ1v) is 9.04. The number of nitrogens with zero attached hydrogens (tertiary/aromatic N) is 3. The highest BCUT2D eigenvalue weighted by molar-refractivity contribution is 7.89. The average molecular weight is 313 g/mol. The zero-order valence-electron chi connectivity index (χ0n) is 12.4. The third-order valence-corrected chi connectivity index (χ3v) is 6.29. The Kier molecular flexibility index (Phi) is 4.09. The maximum absolute atomic E-state index is 12.7. The second-order valence-electron chi connectivity index (χ2n) is 5.80. The largest absolute Gasteiger partial charge is 0.390 e. The monoisotopic (exact) mass is 313 g/mol. The van der Waals surface area contributed by atoms with E-state index in [0.717, 1.165) is 32.5 Å². The highest BCUT2D eigenvalue weighted by Crippen LogP contribution is 2.37. The van der Waals surface area contributed by atoms with Crippen LogP contribution >= 0.6 is 0 Å². The molecule has 21 heavy (non-hydrogen) atoms. The number of piperazine rings is 1. The van der Waals surface area contributed by atoms with Crippen LogP contribution in [0.15, 0.2) is 17.2 Å². The van der Waals surface area contributed by atoms with Crippen LogP contribution < -0.4 is 0 Å². The van der Waals surface area contributed by atoms with Crippen molar-refractivity contribution in [1.82, 2.24) is 13.8 Å². The molecule has 0 bridgehead atoms. The molecule has 1 saturated heterocycles. The Balaban J connectivity index is 1.81. The van der Waals surface area contributed by atoms with Gasteiger partial charge in [0.2, 0.25) is 10.0 Å². The molecule has 2 heterocycles. The quantitative estimate of drug-likeness (QED) is 0.866. The molecule has 7 heteroatoms. The summed E-state index contributed by atoms with van der Waals surface area (Å²) in [5.41, 5.74) is 0.697. The first kappa shape index (κ1) is 15.0. The summed E-state index contributed by atoms with van der Waals surface area (Å²) in [4.78, 5) is 2.57. The van der Waals surface area contributed by atoms with E-state index in [2.05, 4.69) is 11.8 Å². The minimum atomic E-state index is -3.44. The van der Waals surface area contributed by atoms with E-state index in [9.17, 15) is 13.5 Å². The van der Waals surface area contributed by atoms with Crippen molar-refractivity contribution in [3.05, 3.63) is 18.0 Å². The van der Waals surface area contributed by atoms with E-state index in [-0.39, 0.29) is 6.61 Å². The van der Waals surface area contributed by atoms with Gasteiger partial charge in [0.1, 0.15) is 4.90 Å². The number of rotatable bonds is 5. The van der Waals surface area contributed by atoms with E-state index in [1.165, 1.54) is 0 Å². The fourth-order valence-corrected chi connectivity index (χ4v) is 4.37. The maximum atomic E-state index is 12.7. The summed E-state index contributed by atoms with van der Waals surface area (Å²) in [6.07, 6.45) is 3.83. The zero-order chi connectivity index (χ0) is 15.0. The van der Waals surface area contributed by atoms with Crippen LogP contribution in [0.1, 0.15) is 31.5 Å². The molecule has 2 aliphatic rings. The van der Waals surface area contributed by atoms with Gasteiger partial charge in [0.05, 0.1) is 6.61 Å². The minimum Gasteiger partial charge on any atom is -0.390 e. The SMILES string of the molecule is CCN1CCN(S(=O)(=O)c2cc(CO)n(C3CC3)c2)CC1. The van der Waals surface area contributed by atoms with Crippen LogP contribution in [0.2, 0.25) is 0 Å². The van der Waals surface area contributed by atoms with Crippen molar-refractivity contribution < 1.29 is 13.5 Å². The lowest BCUT2D eigenvalue weighted by Crippen LogP contribution is -2.48. The van der Waals surface area contributed by atoms with Crippen LogP contribution in [-0.2, 0) is 16.6 Å². The van der Waals surface area contributed by atoms with Gasteiger partial charge in [0.15, 0.2) is 0 Å². The summed E-state index contributed by atoms with van der Waals surface area (Å²) >= 11 is 0. The second kappa shape index (κ2) is 5.72. The van der Waals surface area contributed by atoms with E-state index in [1.54, 1.807) is 16.6 Å². The van der Waals surface area contributed by atoms with Gasteiger partial charge in [0, 0.05) is 44.1 Å². The minimum absolute atomic E-state index is 0.115. The van der Waals surface area contributed by atoms with Gasteiger partial charge < -0.3 is 14.6 Å². The third kappa shape index (κ3) is 2.88. The van der Waals surface area contributed by atoms with Crippen LogP contribution in [0.4, 0.5) is 0 Å². The lowest BCUT2D eigenvalue weighted by Gasteiger charge is -2.32. The standard InChI is InChI=1S/C14H23N3O3S/c1-2-15-5-7-16(8-6-15)21(19,20)14-9-13(11-18)17(10-14)12-3-4-12/h9-10,12,18H,2-8,11H2,1H3. The summed E-state index contributed by atoms with van der Waals surface area (Å²) in [5, 5.41) is 9.42. The van der Waals surface area contributed by atoms with Gasteiger partial charge in [-0.3, -0.25) is 0 Å². The predicted octanol–water partition coefficient (Wildman–Crippen LogP) is 0.641. The van der Waals surface area contributed by atoms with Crippen molar-refractivity contribution in [2.75, 3.05) is 32.7 Å². The maximum Gasteiger partial charge on any atom is 0.244 e. The molecule has 2 fully saturated rings. The third-order valence-electron chi connectivity index (χ3n) is 4.43. The van der Waals surface area contributed by atoms with Crippen LogP contribution in [0.3, 0.4) is 0 Å². The molecule has 1 aromatic heterocycles. The van der Waals surface area contributed by atoms with Gasteiger partial charge in [0.25, 0.3) is 0 Å². The van der Waals surface area contributed by atoms with Crippen LogP contribution in [0.5, 0.6) is 0 Å². The van der Waals surface area contributed by atoms with Crippen LogP contribution in [-0.4, -0.2) is 60.0 Å². The van der Waals surface area contributed by atoms with E-state index >= 15 is 0 Å². The summed E-state index contributed by atoms with van der Waals surface area (Å²) in [5.74, 6) is 0. The summed E-state index contributed by atoms with van der Waals surface area (Å²) in [6.45, 7) is 5.58. The number of aliphatic hydroxyl groups is 1. The van der Waals surface area contributed by atoms with E-state index < -0.39 is 10.0 Å². The predicted molar refractivity (Wildman–Crippen MR) is 79.5 cm³/mol.